The van der Waals surface area contributed by atoms with Crippen LogP contribution in [0.1, 0.15) is 33.1 Å². The molecule has 4 nitrogen and oxygen atoms in total. The van der Waals surface area contributed by atoms with Gasteiger partial charge in [-0.2, -0.15) is 0 Å². The molecule has 5 heteroatoms. The van der Waals surface area contributed by atoms with Crippen molar-refractivity contribution in [1.82, 2.24) is 5.32 Å². The zero-order valence-electron chi connectivity index (χ0n) is 9.32. The number of nitrogens with one attached hydrogen (secondary N) is 1. The maximum atomic E-state index is 11.9. The number of rotatable bonds is 1. The molecule has 2 fully saturated rings. The van der Waals surface area contributed by atoms with Crippen molar-refractivity contribution >= 4 is 9.84 Å². The van der Waals surface area contributed by atoms with Crippen molar-refractivity contribution in [1.29, 1.82) is 0 Å². The van der Waals surface area contributed by atoms with E-state index < -0.39 is 9.84 Å². The Hall–Kier alpha value is -0.130. The van der Waals surface area contributed by atoms with E-state index in [1.54, 1.807) is 0 Å². The lowest BCUT2D eigenvalue weighted by Crippen LogP contribution is -2.48. The van der Waals surface area contributed by atoms with Crippen molar-refractivity contribution in [2.24, 2.45) is 0 Å². The summed E-state index contributed by atoms with van der Waals surface area (Å²) in [5.74, 6) is 0.319. The molecule has 0 aliphatic carbocycles. The van der Waals surface area contributed by atoms with Gasteiger partial charge in [-0.25, -0.2) is 8.42 Å². The lowest BCUT2D eigenvalue weighted by molar-refractivity contribution is 0.0909. The fourth-order valence-electron chi connectivity index (χ4n) is 2.29. The van der Waals surface area contributed by atoms with E-state index in [-0.39, 0.29) is 17.0 Å². The zero-order valence-corrected chi connectivity index (χ0v) is 10.1. The molecule has 0 spiro atoms. The quantitative estimate of drug-likeness (QED) is 0.723. The predicted molar refractivity (Wildman–Crippen MR) is 58.4 cm³/mol. The maximum Gasteiger partial charge on any atom is 0.157 e. The van der Waals surface area contributed by atoms with Gasteiger partial charge in [-0.1, -0.05) is 6.42 Å². The van der Waals surface area contributed by atoms with E-state index in [9.17, 15) is 8.42 Å². The van der Waals surface area contributed by atoms with Crippen LogP contribution in [0.25, 0.3) is 0 Å². The number of ether oxygens (including phenoxy) is 1. The summed E-state index contributed by atoms with van der Waals surface area (Å²) in [6, 6.07) is 0. The molecule has 0 bridgehead atoms. The smallest absolute Gasteiger partial charge is 0.157 e. The number of hydrogen-bond donors (Lipinski definition) is 1. The van der Waals surface area contributed by atoms with Crippen LogP contribution < -0.4 is 5.32 Å². The average Bonchev–Trinajstić information content (AvgIpc) is 2.45. The van der Waals surface area contributed by atoms with Crippen LogP contribution >= 0.6 is 0 Å². The van der Waals surface area contributed by atoms with Crippen LogP contribution in [0.3, 0.4) is 0 Å². The summed E-state index contributed by atoms with van der Waals surface area (Å²) >= 11 is 0. The molecule has 0 aromatic rings. The first kappa shape index (κ1) is 11.4. The Bertz CT molecular complexity index is 337. The van der Waals surface area contributed by atoms with Gasteiger partial charge in [0.2, 0.25) is 0 Å². The summed E-state index contributed by atoms with van der Waals surface area (Å²) in [5.41, 5.74) is -0.0996. The van der Waals surface area contributed by atoms with Crippen LogP contribution in [0, 0.1) is 0 Å². The van der Waals surface area contributed by atoms with Crippen LogP contribution in [0.4, 0.5) is 0 Å². The van der Waals surface area contributed by atoms with Gasteiger partial charge in [-0.3, -0.25) is 5.32 Å². The summed E-state index contributed by atoms with van der Waals surface area (Å²) in [4.78, 5) is 0. The van der Waals surface area contributed by atoms with Gasteiger partial charge in [-0.15, -0.1) is 0 Å². The number of hydrogen-bond acceptors (Lipinski definition) is 4. The van der Waals surface area contributed by atoms with E-state index >= 15 is 0 Å². The summed E-state index contributed by atoms with van der Waals surface area (Å²) in [7, 11) is -2.94. The Balaban J connectivity index is 2.11. The second kappa shape index (κ2) is 3.71. The van der Waals surface area contributed by atoms with Gasteiger partial charge in [0.15, 0.2) is 9.84 Å². The molecular formula is C10H19NO3S. The van der Waals surface area contributed by atoms with Crippen molar-refractivity contribution in [2.75, 3.05) is 12.4 Å². The fourth-order valence-corrected chi connectivity index (χ4v) is 4.24. The van der Waals surface area contributed by atoms with Gasteiger partial charge in [-0.05, 0) is 26.7 Å². The summed E-state index contributed by atoms with van der Waals surface area (Å²) in [6.45, 7) is 4.65. The second-order valence-electron chi connectivity index (χ2n) is 5.16. The van der Waals surface area contributed by atoms with Crippen molar-refractivity contribution < 1.29 is 13.2 Å². The van der Waals surface area contributed by atoms with E-state index in [1.165, 1.54) is 0 Å². The van der Waals surface area contributed by atoms with E-state index in [2.05, 4.69) is 5.32 Å². The molecule has 2 aliphatic heterocycles. The van der Waals surface area contributed by atoms with E-state index in [4.69, 9.17) is 4.74 Å². The minimum Gasteiger partial charge on any atom is -0.360 e. The Morgan fingerprint density at radius 1 is 1.33 bits per heavy atom. The van der Waals surface area contributed by atoms with E-state index in [1.807, 2.05) is 13.8 Å². The highest BCUT2D eigenvalue weighted by Gasteiger charge is 2.42. The molecule has 2 saturated heterocycles. The fraction of sp³-hybridized carbons (Fsp3) is 1.00. The third-order valence-corrected chi connectivity index (χ3v) is 5.39. The predicted octanol–water partition coefficient (Wildman–Crippen LogP) is 0.678. The van der Waals surface area contributed by atoms with Gasteiger partial charge in [0.05, 0.1) is 12.4 Å². The first-order valence-electron chi connectivity index (χ1n) is 5.52. The standard InChI is InChI=1S/C10H19NO3S/c1-10(2)7-14-9(11-10)8-5-3-4-6-15(8,12)13/h8-9,11H,3-7H2,1-2H3. The number of sulfone groups is 1. The Morgan fingerprint density at radius 2 is 2.07 bits per heavy atom. The summed E-state index contributed by atoms with van der Waals surface area (Å²) < 4.78 is 29.3. The largest absolute Gasteiger partial charge is 0.360 e. The van der Waals surface area contributed by atoms with E-state index in [0.717, 1.165) is 19.3 Å². The molecule has 15 heavy (non-hydrogen) atoms. The Labute approximate surface area is 91.3 Å². The van der Waals surface area contributed by atoms with Crippen LogP contribution in [0.2, 0.25) is 0 Å². The second-order valence-corrected chi connectivity index (χ2v) is 7.50. The zero-order chi connectivity index (χ0) is 11.1. The highest BCUT2D eigenvalue weighted by atomic mass is 32.2. The Kier molecular flexibility index (Phi) is 2.81. The molecule has 0 amide bonds. The molecule has 0 aromatic carbocycles. The SMILES string of the molecule is CC1(C)COC(C2CCCCS2(=O)=O)N1. The first-order valence-corrected chi connectivity index (χ1v) is 7.23. The van der Waals surface area contributed by atoms with Crippen molar-refractivity contribution in [3.05, 3.63) is 0 Å². The van der Waals surface area contributed by atoms with Gasteiger partial charge in [0.1, 0.15) is 11.5 Å². The monoisotopic (exact) mass is 233 g/mol. The summed E-state index contributed by atoms with van der Waals surface area (Å²) in [6.07, 6.45) is 2.22. The molecule has 88 valence electrons. The van der Waals surface area contributed by atoms with Gasteiger partial charge < -0.3 is 4.74 Å². The Morgan fingerprint density at radius 3 is 2.60 bits per heavy atom. The van der Waals surface area contributed by atoms with Crippen LogP contribution in [0.15, 0.2) is 0 Å². The third kappa shape index (κ3) is 2.34. The lowest BCUT2D eigenvalue weighted by atomic mass is 10.1. The van der Waals surface area contributed by atoms with Crippen LogP contribution in [-0.2, 0) is 14.6 Å². The molecule has 2 aliphatic rings. The maximum absolute atomic E-state index is 11.9. The molecule has 2 rings (SSSR count). The van der Waals surface area contributed by atoms with Crippen LogP contribution in [-0.4, -0.2) is 37.8 Å². The highest BCUT2D eigenvalue weighted by molar-refractivity contribution is 7.92. The molecule has 2 atom stereocenters. The van der Waals surface area contributed by atoms with Gasteiger partial charge >= 0.3 is 0 Å². The van der Waals surface area contributed by atoms with Gasteiger partial charge in [0, 0.05) is 5.54 Å². The minimum absolute atomic E-state index is 0.0996. The summed E-state index contributed by atoms with van der Waals surface area (Å²) in [5, 5.41) is 2.91. The molecule has 2 unspecified atom stereocenters. The molecule has 0 aromatic heterocycles. The normalized spacial score (nSPS) is 39.1. The third-order valence-electron chi connectivity index (χ3n) is 3.12. The average molecular weight is 233 g/mol. The molecule has 2 heterocycles. The molecule has 0 saturated carbocycles. The van der Waals surface area contributed by atoms with Gasteiger partial charge in [0.25, 0.3) is 0 Å². The molecular weight excluding hydrogens is 214 g/mol. The first-order chi connectivity index (χ1) is 6.91. The van der Waals surface area contributed by atoms with Crippen LogP contribution in [0.5, 0.6) is 0 Å². The topological polar surface area (TPSA) is 55.4 Å². The van der Waals surface area contributed by atoms with E-state index in [0.29, 0.717) is 12.4 Å². The van der Waals surface area contributed by atoms with Crippen molar-refractivity contribution in [2.45, 2.75) is 50.1 Å². The lowest BCUT2D eigenvalue weighted by Gasteiger charge is -2.28. The molecule has 1 N–H and O–H groups in total. The van der Waals surface area contributed by atoms with Crippen molar-refractivity contribution in [3.8, 4) is 0 Å². The minimum atomic E-state index is -2.94. The highest BCUT2D eigenvalue weighted by Crippen LogP contribution is 2.27. The van der Waals surface area contributed by atoms with Crippen molar-refractivity contribution in [3.63, 3.8) is 0 Å². The molecule has 0 radical (unpaired) electrons.